The maximum atomic E-state index is 12.3. The summed E-state index contributed by atoms with van der Waals surface area (Å²) in [5.41, 5.74) is 3.46. The van der Waals surface area contributed by atoms with Gasteiger partial charge in [0.1, 0.15) is 5.82 Å². The van der Waals surface area contributed by atoms with E-state index in [-0.39, 0.29) is 11.7 Å². The van der Waals surface area contributed by atoms with Crippen molar-refractivity contribution >= 4 is 40.5 Å². The van der Waals surface area contributed by atoms with Gasteiger partial charge in [-0.1, -0.05) is 17.7 Å². The number of Topliss-reactive ketones (excluding diaryl/α,β-unsaturated/α-hetero) is 1. The number of hydrogen-bond acceptors (Lipinski definition) is 4. The number of benzene rings is 2. The maximum absolute atomic E-state index is 12.3. The topological polar surface area (TPSA) is 71.1 Å². The summed E-state index contributed by atoms with van der Waals surface area (Å²) in [6, 6.07) is 15.8. The highest BCUT2D eigenvalue weighted by Gasteiger charge is 2.08. The van der Waals surface area contributed by atoms with Crippen LogP contribution in [0.1, 0.15) is 33.2 Å². The SMILES string of the molecule is CC(=O)c1ccc(NC(=O)c2ccc(Nc3ccc(C)c(Cl)c3)nc2)cc1. The summed E-state index contributed by atoms with van der Waals surface area (Å²) in [5, 5.41) is 6.60. The van der Waals surface area contributed by atoms with E-state index in [1.165, 1.54) is 13.1 Å². The molecule has 0 aliphatic carbocycles. The van der Waals surface area contributed by atoms with E-state index >= 15 is 0 Å². The number of aromatic nitrogens is 1. The van der Waals surface area contributed by atoms with Gasteiger partial charge in [0, 0.05) is 28.2 Å². The summed E-state index contributed by atoms with van der Waals surface area (Å²) in [5.74, 6) is 0.315. The Balaban J connectivity index is 1.66. The quantitative estimate of drug-likeness (QED) is 0.594. The summed E-state index contributed by atoms with van der Waals surface area (Å²) >= 11 is 6.12. The van der Waals surface area contributed by atoms with Gasteiger partial charge in [0.2, 0.25) is 0 Å². The van der Waals surface area contributed by atoms with Crippen LogP contribution in [0.15, 0.2) is 60.8 Å². The molecule has 1 amide bonds. The number of pyridine rings is 1. The van der Waals surface area contributed by atoms with Crippen LogP contribution in [-0.4, -0.2) is 16.7 Å². The molecule has 0 radical (unpaired) electrons. The van der Waals surface area contributed by atoms with E-state index in [0.29, 0.717) is 27.7 Å². The van der Waals surface area contributed by atoms with Crippen LogP contribution < -0.4 is 10.6 Å². The highest BCUT2D eigenvalue weighted by molar-refractivity contribution is 6.31. The molecule has 5 nitrogen and oxygen atoms in total. The van der Waals surface area contributed by atoms with E-state index in [2.05, 4.69) is 15.6 Å². The van der Waals surface area contributed by atoms with Crippen LogP contribution in [0.3, 0.4) is 0 Å². The number of hydrogen-bond donors (Lipinski definition) is 2. The second-order valence-corrected chi connectivity index (χ2v) is 6.52. The third-order valence-electron chi connectivity index (χ3n) is 4.02. The molecule has 2 N–H and O–H groups in total. The van der Waals surface area contributed by atoms with Crippen LogP contribution in [0.2, 0.25) is 5.02 Å². The number of nitrogens with zero attached hydrogens (tertiary/aromatic N) is 1. The van der Waals surface area contributed by atoms with E-state index in [9.17, 15) is 9.59 Å². The number of ketones is 1. The molecule has 1 heterocycles. The molecular formula is C21H18ClN3O2. The highest BCUT2D eigenvalue weighted by Crippen LogP contribution is 2.22. The monoisotopic (exact) mass is 379 g/mol. The van der Waals surface area contributed by atoms with Crippen LogP contribution in [-0.2, 0) is 0 Å². The molecule has 0 atom stereocenters. The Morgan fingerprint density at radius 1 is 0.926 bits per heavy atom. The molecule has 6 heteroatoms. The normalized spacial score (nSPS) is 10.3. The summed E-state index contributed by atoms with van der Waals surface area (Å²) in [4.78, 5) is 27.9. The predicted octanol–water partition coefficient (Wildman–Crippen LogP) is 5.24. The van der Waals surface area contributed by atoms with Gasteiger partial charge in [0.25, 0.3) is 5.91 Å². The zero-order valence-electron chi connectivity index (χ0n) is 14.9. The lowest BCUT2D eigenvalue weighted by Gasteiger charge is -2.09. The standard InChI is InChI=1S/C21H18ClN3O2/c1-13-3-7-18(11-19(13)22)24-20-10-6-16(12-23-20)21(27)25-17-8-4-15(5-9-17)14(2)26/h3-12H,1-2H3,(H,23,24)(H,25,27). The largest absolute Gasteiger partial charge is 0.340 e. The van der Waals surface area contributed by atoms with Crippen molar-refractivity contribution in [3.63, 3.8) is 0 Å². The molecule has 0 saturated carbocycles. The Labute approximate surface area is 162 Å². The lowest BCUT2D eigenvalue weighted by atomic mass is 10.1. The molecule has 1 aromatic heterocycles. The van der Waals surface area contributed by atoms with Crippen LogP contribution in [0.5, 0.6) is 0 Å². The second-order valence-electron chi connectivity index (χ2n) is 6.11. The van der Waals surface area contributed by atoms with Gasteiger partial charge >= 0.3 is 0 Å². The first-order chi connectivity index (χ1) is 12.9. The van der Waals surface area contributed by atoms with Gasteiger partial charge < -0.3 is 10.6 Å². The Kier molecular flexibility index (Phi) is 5.52. The van der Waals surface area contributed by atoms with E-state index in [1.54, 1.807) is 36.4 Å². The first-order valence-corrected chi connectivity index (χ1v) is 8.72. The fraction of sp³-hybridized carbons (Fsp3) is 0.0952. The average molecular weight is 380 g/mol. The third kappa shape index (κ3) is 4.71. The lowest BCUT2D eigenvalue weighted by molar-refractivity contribution is 0.101. The number of nitrogens with one attached hydrogen (secondary N) is 2. The number of anilines is 3. The minimum Gasteiger partial charge on any atom is -0.340 e. The van der Waals surface area contributed by atoms with Crippen molar-refractivity contribution < 1.29 is 9.59 Å². The van der Waals surface area contributed by atoms with Crippen molar-refractivity contribution in [1.29, 1.82) is 0 Å². The minimum absolute atomic E-state index is 0.0185. The number of amides is 1. The van der Waals surface area contributed by atoms with Crippen molar-refractivity contribution in [3.05, 3.63) is 82.5 Å². The maximum Gasteiger partial charge on any atom is 0.257 e. The summed E-state index contributed by atoms with van der Waals surface area (Å²) in [7, 11) is 0. The third-order valence-corrected chi connectivity index (χ3v) is 4.43. The van der Waals surface area contributed by atoms with Gasteiger partial charge in [0.15, 0.2) is 5.78 Å². The van der Waals surface area contributed by atoms with Gasteiger partial charge in [-0.05, 0) is 67.9 Å². The molecule has 27 heavy (non-hydrogen) atoms. The molecule has 3 aromatic rings. The van der Waals surface area contributed by atoms with E-state index in [1.807, 2.05) is 25.1 Å². The Morgan fingerprint density at radius 3 is 2.19 bits per heavy atom. The van der Waals surface area contributed by atoms with Crippen LogP contribution in [0.4, 0.5) is 17.2 Å². The lowest BCUT2D eigenvalue weighted by Crippen LogP contribution is -2.12. The number of carbonyl (C=O) groups excluding carboxylic acids is 2. The first-order valence-electron chi connectivity index (χ1n) is 8.34. The van der Waals surface area contributed by atoms with Crippen LogP contribution in [0, 0.1) is 6.92 Å². The molecule has 0 unspecified atom stereocenters. The molecule has 0 aliphatic heterocycles. The molecule has 2 aromatic carbocycles. The van der Waals surface area contributed by atoms with Gasteiger partial charge in [-0.3, -0.25) is 9.59 Å². The number of aryl methyl sites for hydroxylation is 1. The molecule has 0 fully saturated rings. The number of halogens is 1. The molecule has 0 aliphatic rings. The fourth-order valence-corrected chi connectivity index (χ4v) is 2.59. The molecule has 136 valence electrons. The Morgan fingerprint density at radius 2 is 1.59 bits per heavy atom. The number of carbonyl (C=O) groups is 2. The van der Waals surface area contributed by atoms with E-state index < -0.39 is 0 Å². The van der Waals surface area contributed by atoms with Gasteiger partial charge in [-0.25, -0.2) is 4.98 Å². The summed E-state index contributed by atoms with van der Waals surface area (Å²) in [6.45, 7) is 3.44. The van der Waals surface area contributed by atoms with Gasteiger partial charge in [0.05, 0.1) is 5.56 Å². The molecule has 0 spiro atoms. The van der Waals surface area contributed by atoms with Crippen molar-refractivity contribution in [1.82, 2.24) is 4.98 Å². The van der Waals surface area contributed by atoms with Crippen LogP contribution >= 0.6 is 11.6 Å². The Bertz CT molecular complexity index is 983. The fourth-order valence-electron chi connectivity index (χ4n) is 2.41. The summed E-state index contributed by atoms with van der Waals surface area (Å²) < 4.78 is 0. The van der Waals surface area contributed by atoms with Crippen molar-refractivity contribution in [2.24, 2.45) is 0 Å². The van der Waals surface area contributed by atoms with Crippen molar-refractivity contribution in [2.75, 3.05) is 10.6 Å². The zero-order chi connectivity index (χ0) is 19.4. The zero-order valence-corrected chi connectivity index (χ0v) is 15.7. The molecule has 3 rings (SSSR count). The van der Waals surface area contributed by atoms with Crippen molar-refractivity contribution in [3.8, 4) is 0 Å². The smallest absolute Gasteiger partial charge is 0.257 e. The van der Waals surface area contributed by atoms with E-state index in [0.717, 1.165) is 11.3 Å². The first kappa shape index (κ1) is 18.6. The minimum atomic E-state index is -0.275. The van der Waals surface area contributed by atoms with Gasteiger partial charge in [-0.2, -0.15) is 0 Å². The molecular weight excluding hydrogens is 362 g/mol. The van der Waals surface area contributed by atoms with E-state index in [4.69, 9.17) is 11.6 Å². The second kappa shape index (κ2) is 8.01. The van der Waals surface area contributed by atoms with Crippen LogP contribution in [0.25, 0.3) is 0 Å². The molecule has 0 saturated heterocycles. The van der Waals surface area contributed by atoms with Crippen molar-refractivity contribution in [2.45, 2.75) is 13.8 Å². The highest BCUT2D eigenvalue weighted by atomic mass is 35.5. The predicted molar refractivity (Wildman–Crippen MR) is 108 cm³/mol. The average Bonchev–Trinajstić information content (AvgIpc) is 2.66. The Hall–Kier alpha value is -3.18. The van der Waals surface area contributed by atoms with Gasteiger partial charge in [-0.15, -0.1) is 0 Å². The number of rotatable bonds is 5. The summed E-state index contributed by atoms with van der Waals surface area (Å²) in [6.07, 6.45) is 1.50. The molecule has 0 bridgehead atoms.